The molecule has 34 heavy (non-hydrogen) atoms. The summed E-state index contributed by atoms with van der Waals surface area (Å²) in [6, 6.07) is 5.46. The molecule has 1 aliphatic carbocycles. The number of nitrogens with one attached hydrogen (secondary N) is 1. The number of primary amides is 1. The quantitative estimate of drug-likeness (QED) is 0.497. The summed E-state index contributed by atoms with van der Waals surface area (Å²) in [5.41, 5.74) is 7.72. The molecule has 2 aromatic heterocycles. The van der Waals surface area contributed by atoms with Crippen LogP contribution in [0.15, 0.2) is 54.4 Å². The summed E-state index contributed by atoms with van der Waals surface area (Å²) in [7, 11) is 7.22. The molecule has 0 spiro atoms. The fourth-order valence-corrected chi connectivity index (χ4v) is 4.08. The Hall–Kier alpha value is -3.92. The van der Waals surface area contributed by atoms with Gasteiger partial charge in [0.1, 0.15) is 11.5 Å². The molecule has 3 N–H and O–H groups in total. The first-order valence-electron chi connectivity index (χ1n) is 10.9. The SMILES string of the molecule is COc1cc(Nc2nc3c(C4(CCN(C)C)C=CC=C(C(N)=O)C4)nccn3n2)cc(OC)c1. The number of methoxy groups -OCH3 is 2. The number of anilines is 2. The van der Waals surface area contributed by atoms with Gasteiger partial charge in [-0.1, -0.05) is 18.2 Å². The Kier molecular flexibility index (Phi) is 6.51. The molecule has 0 aliphatic heterocycles. The second kappa shape index (κ2) is 9.52. The fourth-order valence-electron chi connectivity index (χ4n) is 4.08. The Morgan fingerprint density at radius 3 is 2.62 bits per heavy atom. The Bertz CT molecular complexity index is 1240. The summed E-state index contributed by atoms with van der Waals surface area (Å²) < 4.78 is 12.4. The molecule has 0 saturated carbocycles. The third-order valence-corrected chi connectivity index (χ3v) is 5.87. The van der Waals surface area contributed by atoms with Crippen molar-refractivity contribution in [2.75, 3.05) is 40.2 Å². The van der Waals surface area contributed by atoms with Gasteiger partial charge < -0.3 is 25.4 Å². The molecule has 1 aromatic carbocycles. The molecule has 3 aromatic rings. The lowest BCUT2D eigenvalue weighted by Gasteiger charge is -2.33. The molecule has 1 atom stereocenters. The highest BCUT2D eigenvalue weighted by Crippen LogP contribution is 2.39. The Balaban J connectivity index is 1.75. The van der Waals surface area contributed by atoms with E-state index in [1.54, 1.807) is 43.3 Å². The van der Waals surface area contributed by atoms with Crippen molar-refractivity contribution in [1.82, 2.24) is 24.5 Å². The molecule has 4 rings (SSSR count). The molecule has 178 valence electrons. The van der Waals surface area contributed by atoms with Gasteiger partial charge in [-0.05, 0) is 33.5 Å². The molecule has 10 nitrogen and oxygen atoms in total. The second-order valence-electron chi connectivity index (χ2n) is 8.51. The van der Waals surface area contributed by atoms with Crippen LogP contribution < -0.4 is 20.5 Å². The second-order valence-corrected chi connectivity index (χ2v) is 8.51. The van der Waals surface area contributed by atoms with Crippen LogP contribution in [-0.4, -0.2) is 65.2 Å². The monoisotopic (exact) mass is 463 g/mol. The van der Waals surface area contributed by atoms with Crippen LogP contribution in [0, 0.1) is 0 Å². The first kappa shape index (κ1) is 23.2. The number of hydrogen-bond donors (Lipinski definition) is 2. The third-order valence-electron chi connectivity index (χ3n) is 5.87. The lowest BCUT2D eigenvalue weighted by molar-refractivity contribution is -0.114. The zero-order valence-corrected chi connectivity index (χ0v) is 19.8. The van der Waals surface area contributed by atoms with Crippen molar-refractivity contribution in [2.24, 2.45) is 5.73 Å². The average molecular weight is 464 g/mol. The number of hydrogen-bond acceptors (Lipinski definition) is 8. The number of allylic oxidation sites excluding steroid dienone is 3. The molecule has 0 radical (unpaired) electrons. The normalized spacial score (nSPS) is 17.6. The maximum atomic E-state index is 12.0. The third kappa shape index (κ3) is 4.72. The van der Waals surface area contributed by atoms with Crippen LogP contribution in [0.1, 0.15) is 18.5 Å². The summed E-state index contributed by atoms with van der Waals surface area (Å²) in [6.07, 6.45) is 10.4. The highest BCUT2D eigenvalue weighted by atomic mass is 16.5. The smallest absolute Gasteiger partial charge is 0.247 e. The number of amides is 1. The molecular weight excluding hydrogens is 434 g/mol. The van der Waals surface area contributed by atoms with Crippen LogP contribution in [0.5, 0.6) is 11.5 Å². The molecule has 1 amide bonds. The number of nitrogens with zero attached hydrogens (tertiary/aromatic N) is 5. The largest absolute Gasteiger partial charge is 0.497 e. The van der Waals surface area contributed by atoms with Gasteiger partial charge in [-0.2, -0.15) is 4.98 Å². The van der Waals surface area contributed by atoms with E-state index in [0.717, 1.165) is 24.3 Å². The molecule has 2 heterocycles. The predicted octanol–water partition coefficient (Wildman–Crippen LogP) is 2.45. The van der Waals surface area contributed by atoms with Crippen LogP contribution in [0.4, 0.5) is 11.6 Å². The number of carbonyl (C=O) groups is 1. The number of nitrogens with two attached hydrogens (primary N) is 1. The van der Waals surface area contributed by atoms with Crippen molar-refractivity contribution < 1.29 is 14.3 Å². The fraction of sp³-hybridized carbons (Fsp3) is 0.333. The van der Waals surface area contributed by atoms with E-state index in [1.807, 2.05) is 32.3 Å². The summed E-state index contributed by atoms with van der Waals surface area (Å²) >= 11 is 0. The molecule has 0 fully saturated rings. The lowest BCUT2D eigenvalue weighted by atomic mass is 9.72. The van der Waals surface area contributed by atoms with Gasteiger partial charge >= 0.3 is 0 Å². The Labute approximate surface area is 198 Å². The number of ether oxygens (including phenoxy) is 2. The van der Waals surface area contributed by atoms with Crippen LogP contribution in [0.3, 0.4) is 0 Å². The predicted molar refractivity (Wildman–Crippen MR) is 129 cm³/mol. The molecule has 0 bridgehead atoms. The average Bonchev–Trinajstić information content (AvgIpc) is 3.24. The van der Waals surface area contributed by atoms with Crippen LogP contribution in [-0.2, 0) is 10.2 Å². The van der Waals surface area contributed by atoms with Gasteiger partial charge in [0.2, 0.25) is 11.9 Å². The number of benzene rings is 1. The number of fused-ring (bicyclic) bond motifs is 1. The van der Waals surface area contributed by atoms with Crippen molar-refractivity contribution in [3.05, 3.63) is 60.1 Å². The maximum Gasteiger partial charge on any atom is 0.247 e. The van der Waals surface area contributed by atoms with Crippen LogP contribution >= 0.6 is 0 Å². The van der Waals surface area contributed by atoms with Crippen molar-refractivity contribution in [3.63, 3.8) is 0 Å². The minimum atomic E-state index is -0.546. The molecule has 0 saturated heterocycles. The standard InChI is InChI=1S/C24H29N7O3/c1-30(2)10-8-24(7-5-6-16(15-24)21(25)32)20-22-28-23(29-31(22)11-9-26-20)27-17-12-18(33-3)14-19(13-17)34-4/h5-7,9,11-14H,8,10,15H2,1-4H3,(H2,25,32)(H,27,29). The minimum absolute atomic E-state index is 0.401. The van der Waals surface area contributed by atoms with E-state index < -0.39 is 11.3 Å². The summed E-state index contributed by atoms with van der Waals surface area (Å²) in [4.78, 5) is 23.6. The van der Waals surface area contributed by atoms with Crippen molar-refractivity contribution in [3.8, 4) is 11.5 Å². The van der Waals surface area contributed by atoms with E-state index in [0.29, 0.717) is 35.1 Å². The van der Waals surface area contributed by atoms with Gasteiger partial charge in [-0.25, -0.2) is 4.52 Å². The van der Waals surface area contributed by atoms with Gasteiger partial charge in [0, 0.05) is 47.3 Å². The van der Waals surface area contributed by atoms with E-state index >= 15 is 0 Å². The number of aromatic nitrogens is 4. The molecular formula is C24H29N7O3. The lowest BCUT2D eigenvalue weighted by Crippen LogP contribution is -2.34. The first-order valence-corrected chi connectivity index (χ1v) is 10.9. The summed E-state index contributed by atoms with van der Waals surface area (Å²) in [6.45, 7) is 0.794. The highest BCUT2D eigenvalue weighted by Gasteiger charge is 2.37. The highest BCUT2D eigenvalue weighted by molar-refractivity contribution is 5.93. The maximum absolute atomic E-state index is 12.0. The van der Waals surface area contributed by atoms with Gasteiger partial charge in [0.25, 0.3) is 0 Å². The van der Waals surface area contributed by atoms with Crippen molar-refractivity contribution in [2.45, 2.75) is 18.3 Å². The molecule has 1 unspecified atom stereocenters. The van der Waals surface area contributed by atoms with Gasteiger partial charge in [0.05, 0.1) is 19.9 Å². The van der Waals surface area contributed by atoms with Gasteiger partial charge in [0.15, 0.2) is 5.65 Å². The first-order chi connectivity index (χ1) is 16.3. The number of carbonyl (C=O) groups excluding carboxylic acids is 1. The van der Waals surface area contributed by atoms with E-state index in [2.05, 4.69) is 21.4 Å². The Morgan fingerprint density at radius 2 is 1.97 bits per heavy atom. The van der Waals surface area contributed by atoms with Crippen molar-refractivity contribution >= 4 is 23.2 Å². The topological polar surface area (TPSA) is 120 Å². The van der Waals surface area contributed by atoms with Crippen LogP contribution in [0.25, 0.3) is 5.65 Å². The summed E-state index contributed by atoms with van der Waals surface area (Å²) in [5, 5.41) is 7.81. The summed E-state index contributed by atoms with van der Waals surface area (Å²) in [5.74, 6) is 1.27. The van der Waals surface area contributed by atoms with Crippen LogP contribution in [0.2, 0.25) is 0 Å². The zero-order chi connectivity index (χ0) is 24.3. The van der Waals surface area contributed by atoms with E-state index in [1.165, 1.54) is 0 Å². The molecule has 10 heteroatoms. The van der Waals surface area contributed by atoms with Gasteiger partial charge in [-0.3, -0.25) is 9.78 Å². The van der Waals surface area contributed by atoms with E-state index in [9.17, 15) is 4.79 Å². The van der Waals surface area contributed by atoms with Gasteiger partial charge in [-0.15, -0.1) is 5.10 Å². The Morgan fingerprint density at radius 1 is 1.24 bits per heavy atom. The van der Waals surface area contributed by atoms with Crippen molar-refractivity contribution in [1.29, 1.82) is 0 Å². The van der Waals surface area contributed by atoms with E-state index in [4.69, 9.17) is 25.2 Å². The molecule has 1 aliphatic rings. The number of rotatable bonds is 9. The minimum Gasteiger partial charge on any atom is -0.497 e. The van der Waals surface area contributed by atoms with E-state index in [-0.39, 0.29) is 0 Å². The zero-order valence-electron chi connectivity index (χ0n) is 19.8.